The first-order valence-electron chi connectivity index (χ1n) is 10.2. The van der Waals surface area contributed by atoms with Crippen molar-refractivity contribution in [1.29, 1.82) is 0 Å². The van der Waals surface area contributed by atoms with Gasteiger partial charge in [-0.1, -0.05) is 6.07 Å². The van der Waals surface area contributed by atoms with E-state index in [0.717, 1.165) is 56.1 Å². The molecule has 1 aromatic carbocycles. The lowest BCUT2D eigenvalue weighted by Gasteiger charge is -2.35. The van der Waals surface area contributed by atoms with E-state index in [-0.39, 0.29) is 18.0 Å². The first kappa shape index (κ1) is 19.3. The number of aryl methyl sites for hydroxylation is 1. The molecule has 2 aromatic rings. The van der Waals surface area contributed by atoms with Crippen molar-refractivity contribution in [2.75, 3.05) is 49.5 Å². The van der Waals surface area contributed by atoms with Gasteiger partial charge in [0, 0.05) is 63.8 Å². The Kier molecular flexibility index (Phi) is 5.42. The van der Waals surface area contributed by atoms with Gasteiger partial charge in [0.2, 0.25) is 5.91 Å². The van der Waals surface area contributed by atoms with E-state index in [1.807, 2.05) is 58.1 Å². The summed E-state index contributed by atoms with van der Waals surface area (Å²) >= 11 is 0. The lowest BCUT2D eigenvalue weighted by molar-refractivity contribution is -0.129. The molecule has 8 heteroatoms. The third-order valence-electron chi connectivity index (χ3n) is 5.74. The number of anilines is 2. The molecule has 0 aliphatic carbocycles. The Morgan fingerprint density at radius 3 is 2.59 bits per heavy atom. The monoisotopic (exact) mass is 396 g/mol. The molecule has 29 heavy (non-hydrogen) atoms. The van der Waals surface area contributed by atoms with E-state index in [2.05, 4.69) is 15.3 Å². The number of nitrogens with zero attached hydrogens (tertiary/aromatic N) is 5. The molecule has 0 radical (unpaired) electrons. The van der Waals surface area contributed by atoms with Crippen molar-refractivity contribution in [3.8, 4) is 0 Å². The summed E-state index contributed by atoms with van der Waals surface area (Å²) in [6, 6.07) is 8.09. The minimum absolute atomic E-state index is 0.0741. The van der Waals surface area contributed by atoms with Crippen molar-refractivity contribution in [2.45, 2.75) is 26.3 Å². The number of carbonyl (C=O) groups excluding carboxylic acids is 2. The van der Waals surface area contributed by atoms with Crippen molar-refractivity contribution in [3.63, 3.8) is 0 Å². The third kappa shape index (κ3) is 4.36. The number of nitrogens with one attached hydrogen (secondary N) is 1. The number of benzene rings is 1. The van der Waals surface area contributed by atoms with Gasteiger partial charge in [0.25, 0.3) is 0 Å². The second kappa shape index (κ2) is 8.14. The quantitative estimate of drug-likeness (QED) is 0.864. The zero-order valence-electron chi connectivity index (χ0n) is 17.0. The Bertz CT molecular complexity index is 887. The van der Waals surface area contributed by atoms with Gasteiger partial charge >= 0.3 is 6.03 Å². The first-order chi connectivity index (χ1) is 14.0. The van der Waals surface area contributed by atoms with Crippen molar-refractivity contribution in [1.82, 2.24) is 19.6 Å². The number of amides is 3. The summed E-state index contributed by atoms with van der Waals surface area (Å²) in [5, 5.41) is 7.42. The van der Waals surface area contributed by atoms with E-state index >= 15 is 0 Å². The number of aromatic nitrogens is 2. The highest BCUT2D eigenvalue weighted by Crippen LogP contribution is 2.24. The molecule has 1 N–H and O–H groups in total. The fraction of sp³-hybridized carbons (Fsp3) is 0.476. The van der Waals surface area contributed by atoms with Crippen LogP contribution in [-0.2, 0) is 4.79 Å². The minimum Gasteiger partial charge on any atom is -0.368 e. The summed E-state index contributed by atoms with van der Waals surface area (Å²) in [5.41, 5.74) is 2.99. The van der Waals surface area contributed by atoms with E-state index < -0.39 is 0 Å². The summed E-state index contributed by atoms with van der Waals surface area (Å²) in [6.07, 6.45) is 4.79. The fourth-order valence-corrected chi connectivity index (χ4v) is 4.04. The van der Waals surface area contributed by atoms with Crippen LogP contribution in [0.4, 0.5) is 16.2 Å². The average Bonchev–Trinajstić information content (AvgIpc) is 3.37. The van der Waals surface area contributed by atoms with Crippen LogP contribution in [0, 0.1) is 6.92 Å². The van der Waals surface area contributed by atoms with Gasteiger partial charge in [-0.2, -0.15) is 5.10 Å². The van der Waals surface area contributed by atoms with Gasteiger partial charge in [-0.3, -0.25) is 9.48 Å². The van der Waals surface area contributed by atoms with Crippen LogP contribution >= 0.6 is 0 Å². The SMILES string of the molecule is CC(=O)N1CCN(c2cccc(NC(=O)N3CCC(n4cc(C)cn4)C3)c2)CC1. The fourth-order valence-electron chi connectivity index (χ4n) is 4.04. The lowest BCUT2D eigenvalue weighted by atomic mass is 10.2. The molecule has 2 aliphatic heterocycles. The molecule has 1 unspecified atom stereocenters. The minimum atomic E-state index is -0.0741. The Labute approximate surface area is 171 Å². The van der Waals surface area contributed by atoms with Crippen molar-refractivity contribution >= 4 is 23.3 Å². The van der Waals surface area contributed by atoms with Crippen molar-refractivity contribution in [2.24, 2.45) is 0 Å². The molecular weight excluding hydrogens is 368 g/mol. The predicted molar refractivity (Wildman–Crippen MR) is 112 cm³/mol. The molecule has 4 rings (SSSR count). The summed E-state index contributed by atoms with van der Waals surface area (Å²) in [4.78, 5) is 30.2. The van der Waals surface area contributed by atoms with Crippen molar-refractivity contribution < 1.29 is 9.59 Å². The van der Waals surface area contributed by atoms with Crippen LogP contribution in [0.1, 0.15) is 24.9 Å². The van der Waals surface area contributed by atoms with Gasteiger partial charge in [0.15, 0.2) is 0 Å². The molecule has 0 saturated carbocycles. The van der Waals surface area contributed by atoms with Crippen LogP contribution in [-0.4, -0.2) is 70.8 Å². The zero-order chi connectivity index (χ0) is 20.4. The van der Waals surface area contributed by atoms with Crippen LogP contribution in [0.3, 0.4) is 0 Å². The van der Waals surface area contributed by atoms with E-state index in [9.17, 15) is 9.59 Å². The molecule has 154 valence electrons. The van der Waals surface area contributed by atoms with Gasteiger partial charge in [-0.05, 0) is 37.1 Å². The molecule has 0 spiro atoms. The molecule has 1 atom stereocenters. The number of carbonyl (C=O) groups is 2. The largest absolute Gasteiger partial charge is 0.368 e. The topological polar surface area (TPSA) is 73.7 Å². The Morgan fingerprint density at radius 2 is 1.90 bits per heavy atom. The maximum absolute atomic E-state index is 12.7. The summed E-state index contributed by atoms with van der Waals surface area (Å²) in [6.45, 7) is 8.09. The maximum atomic E-state index is 12.7. The second-order valence-corrected chi connectivity index (χ2v) is 7.86. The standard InChI is InChI=1S/C21H28N6O2/c1-16-13-22-27(14-16)20-6-7-26(15-20)21(29)23-18-4-3-5-19(12-18)25-10-8-24(9-11-25)17(2)28/h3-5,12-14,20H,6-11,15H2,1-2H3,(H,23,29). The van der Waals surface area contributed by atoms with Crippen LogP contribution in [0.2, 0.25) is 0 Å². The average molecular weight is 396 g/mol. The van der Waals surface area contributed by atoms with Crippen LogP contribution in [0.25, 0.3) is 0 Å². The van der Waals surface area contributed by atoms with Crippen LogP contribution < -0.4 is 10.2 Å². The zero-order valence-corrected chi connectivity index (χ0v) is 17.0. The van der Waals surface area contributed by atoms with E-state index in [0.29, 0.717) is 6.54 Å². The summed E-state index contributed by atoms with van der Waals surface area (Å²) in [5.74, 6) is 0.125. The van der Waals surface area contributed by atoms with Gasteiger partial charge in [-0.25, -0.2) is 4.79 Å². The third-order valence-corrected chi connectivity index (χ3v) is 5.74. The molecule has 3 amide bonds. The summed E-state index contributed by atoms with van der Waals surface area (Å²) in [7, 11) is 0. The van der Waals surface area contributed by atoms with Crippen LogP contribution in [0.5, 0.6) is 0 Å². The van der Waals surface area contributed by atoms with E-state index in [1.165, 1.54) is 0 Å². The Morgan fingerprint density at radius 1 is 1.10 bits per heavy atom. The van der Waals surface area contributed by atoms with Gasteiger partial charge in [0.1, 0.15) is 0 Å². The number of rotatable bonds is 3. The molecule has 2 saturated heterocycles. The molecular formula is C21H28N6O2. The summed E-state index contributed by atoms with van der Waals surface area (Å²) < 4.78 is 1.96. The lowest BCUT2D eigenvalue weighted by Crippen LogP contribution is -2.48. The highest BCUT2D eigenvalue weighted by molar-refractivity contribution is 5.90. The Hall–Kier alpha value is -3.03. The molecule has 8 nitrogen and oxygen atoms in total. The Balaban J connectivity index is 1.34. The normalized spacial score (nSPS) is 19.5. The van der Waals surface area contributed by atoms with E-state index in [1.54, 1.807) is 6.92 Å². The number of urea groups is 1. The van der Waals surface area contributed by atoms with E-state index in [4.69, 9.17) is 0 Å². The molecule has 1 aromatic heterocycles. The van der Waals surface area contributed by atoms with Gasteiger partial charge in [0.05, 0.1) is 12.2 Å². The molecule has 0 bridgehead atoms. The smallest absolute Gasteiger partial charge is 0.321 e. The number of piperazine rings is 1. The molecule has 2 aliphatic rings. The first-order valence-corrected chi connectivity index (χ1v) is 10.2. The number of hydrogen-bond donors (Lipinski definition) is 1. The highest BCUT2D eigenvalue weighted by atomic mass is 16.2. The number of hydrogen-bond acceptors (Lipinski definition) is 4. The van der Waals surface area contributed by atoms with Crippen LogP contribution in [0.15, 0.2) is 36.7 Å². The predicted octanol–water partition coefficient (Wildman–Crippen LogP) is 2.34. The molecule has 2 fully saturated rings. The second-order valence-electron chi connectivity index (χ2n) is 7.86. The van der Waals surface area contributed by atoms with Gasteiger partial charge in [-0.15, -0.1) is 0 Å². The highest BCUT2D eigenvalue weighted by Gasteiger charge is 2.28. The molecule has 3 heterocycles. The van der Waals surface area contributed by atoms with Crippen molar-refractivity contribution in [3.05, 3.63) is 42.2 Å². The van der Waals surface area contributed by atoms with Gasteiger partial charge < -0.3 is 20.0 Å². The maximum Gasteiger partial charge on any atom is 0.321 e. The number of likely N-dealkylation sites (tertiary alicyclic amines) is 1.